The predicted molar refractivity (Wildman–Crippen MR) is 113 cm³/mol. The highest BCUT2D eigenvalue weighted by Crippen LogP contribution is 2.25. The van der Waals surface area contributed by atoms with E-state index < -0.39 is 0 Å². The van der Waals surface area contributed by atoms with Gasteiger partial charge in [0.1, 0.15) is 5.52 Å². The van der Waals surface area contributed by atoms with Crippen molar-refractivity contribution in [3.05, 3.63) is 47.5 Å². The molecule has 0 radical (unpaired) electrons. The van der Waals surface area contributed by atoms with Gasteiger partial charge in [-0.25, -0.2) is 10.5 Å². The Morgan fingerprint density at radius 2 is 1.87 bits per heavy atom. The van der Waals surface area contributed by atoms with Crippen LogP contribution in [0.4, 0.5) is 12.0 Å². The number of aryl methyl sites for hydroxylation is 1. The van der Waals surface area contributed by atoms with Crippen LogP contribution in [-0.4, -0.2) is 46.5 Å². The minimum absolute atomic E-state index is 0.0490. The number of ether oxygens (including phenoxy) is 1. The third kappa shape index (κ3) is 4.25. The number of aromatic nitrogens is 3. The average molecular weight is 423 g/mol. The van der Waals surface area contributed by atoms with Gasteiger partial charge in [0.2, 0.25) is 5.95 Å². The molecule has 0 atom stereocenters. The van der Waals surface area contributed by atoms with Gasteiger partial charge in [-0.1, -0.05) is 0 Å². The molecule has 160 valence electrons. The molecule has 2 aromatic heterocycles. The minimum atomic E-state index is -0.376. The smallest absolute Gasteiger partial charge is 0.302 e. The number of hydrogen-bond donors (Lipinski definition) is 2. The van der Waals surface area contributed by atoms with Crippen molar-refractivity contribution in [2.45, 2.75) is 6.92 Å². The number of nitrogens with one attached hydrogen (secondary N) is 2. The molecular weight excluding hydrogens is 402 g/mol. The van der Waals surface area contributed by atoms with Crippen molar-refractivity contribution in [2.24, 2.45) is 7.05 Å². The van der Waals surface area contributed by atoms with Gasteiger partial charge in [0, 0.05) is 25.3 Å². The number of Topliss-reactive ketones (excluding diaryl/α,β-unsaturated/α-hetero) is 1. The van der Waals surface area contributed by atoms with Crippen LogP contribution in [0.3, 0.4) is 0 Å². The summed E-state index contributed by atoms with van der Waals surface area (Å²) in [5.74, 6) is 0.0627. The SMILES string of the molecule is COCCONC(=O)c1ccc2c(c1)nc(Nc1nc3ccc(C(C)=O)cc3o1)n2C. The molecule has 0 bridgehead atoms. The molecule has 0 aliphatic rings. The second-order valence-electron chi connectivity index (χ2n) is 6.85. The van der Waals surface area contributed by atoms with Crippen molar-refractivity contribution < 1.29 is 23.6 Å². The lowest BCUT2D eigenvalue weighted by Crippen LogP contribution is -2.25. The summed E-state index contributed by atoms with van der Waals surface area (Å²) in [7, 11) is 3.39. The van der Waals surface area contributed by atoms with Crippen LogP contribution in [0.15, 0.2) is 40.8 Å². The van der Waals surface area contributed by atoms with Crippen molar-refractivity contribution in [3.8, 4) is 0 Å². The van der Waals surface area contributed by atoms with Crippen LogP contribution in [0, 0.1) is 0 Å². The first-order valence-corrected chi connectivity index (χ1v) is 9.52. The number of hydrogen-bond acceptors (Lipinski definition) is 8. The Morgan fingerprint density at radius 3 is 2.65 bits per heavy atom. The zero-order valence-corrected chi connectivity index (χ0v) is 17.3. The first-order valence-electron chi connectivity index (χ1n) is 9.52. The van der Waals surface area contributed by atoms with E-state index >= 15 is 0 Å². The molecule has 0 aliphatic carbocycles. The first kappa shape index (κ1) is 20.5. The van der Waals surface area contributed by atoms with E-state index in [1.807, 2.05) is 11.6 Å². The highest BCUT2D eigenvalue weighted by Gasteiger charge is 2.15. The molecule has 10 nitrogen and oxygen atoms in total. The minimum Gasteiger partial charge on any atom is -0.423 e. The monoisotopic (exact) mass is 423 g/mol. The summed E-state index contributed by atoms with van der Waals surface area (Å²) in [5, 5.41) is 3.05. The van der Waals surface area contributed by atoms with E-state index in [-0.39, 0.29) is 24.3 Å². The van der Waals surface area contributed by atoms with Gasteiger partial charge < -0.3 is 13.7 Å². The standard InChI is InChI=1S/C21H21N5O5/c1-12(27)13-4-6-15-18(11-13)31-21(23-15)24-20-22-16-10-14(5-7-17(16)26(20)2)19(28)25-30-9-8-29-3/h4-7,10-11H,8-9H2,1-3H3,(H,25,28)(H,22,23,24). The maximum atomic E-state index is 12.2. The van der Waals surface area contributed by atoms with Crippen molar-refractivity contribution in [2.75, 3.05) is 25.6 Å². The van der Waals surface area contributed by atoms with E-state index in [2.05, 4.69) is 20.8 Å². The van der Waals surface area contributed by atoms with Gasteiger partial charge in [-0.2, -0.15) is 4.98 Å². The zero-order valence-electron chi connectivity index (χ0n) is 17.3. The number of oxazole rings is 1. The van der Waals surface area contributed by atoms with Crippen LogP contribution in [-0.2, 0) is 16.6 Å². The normalized spacial score (nSPS) is 11.2. The molecular formula is C21H21N5O5. The van der Waals surface area contributed by atoms with Crippen molar-refractivity contribution in [1.82, 2.24) is 20.0 Å². The summed E-state index contributed by atoms with van der Waals surface area (Å²) in [5.41, 5.74) is 5.88. The van der Waals surface area contributed by atoms with Crippen LogP contribution in [0.1, 0.15) is 27.6 Å². The van der Waals surface area contributed by atoms with E-state index in [0.717, 1.165) is 5.52 Å². The number of ketones is 1. The van der Waals surface area contributed by atoms with Crippen molar-refractivity contribution >= 4 is 45.8 Å². The second kappa shape index (κ2) is 8.54. The number of amides is 1. The molecule has 1 amide bonds. The van der Waals surface area contributed by atoms with Gasteiger partial charge in [-0.05, 0) is 43.3 Å². The lowest BCUT2D eigenvalue weighted by molar-refractivity contribution is 0.00889. The molecule has 10 heteroatoms. The number of imidazole rings is 1. The van der Waals surface area contributed by atoms with E-state index in [1.165, 1.54) is 6.92 Å². The molecule has 0 unspecified atom stereocenters. The van der Waals surface area contributed by atoms with Gasteiger partial charge in [-0.15, -0.1) is 0 Å². The topological polar surface area (TPSA) is 121 Å². The molecule has 31 heavy (non-hydrogen) atoms. The zero-order chi connectivity index (χ0) is 22.0. The number of benzene rings is 2. The van der Waals surface area contributed by atoms with Crippen LogP contribution in [0.2, 0.25) is 0 Å². The largest absolute Gasteiger partial charge is 0.423 e. The number of anilines is 2. The molecule has 4 rings (SSSR count). The maximum Gasteiger partial charge on any atom is 0.302 e. The molecule has 2 N–H and O–H groups in total. The fourth-order valence-corrected chi connectivity index (χ4v) is 3.05. The predicted octanol–water partition coefficient (Wildman–Crippen LogP) is 2.97. The van der Waals surface area contributed by atoms with E-state index in [9.17, 15) is 9.59 Å². The highest BCUT2D eigenvalue weighted by molar-refractivity contribution is 5.98. The third-order valence-electron chi connectivity index (χ3n) is 4.71. The fraction of sp³-hybridized carbons (Fsp3) is 0.238. The number of hydroxylamine groups is 1. The second-order valence-corrected chi connectivity index (χ2v) is 6.85. The lowest BCUT2D eigenvalue weighted by atomic mass is 10.1. The summed E-state index contributed by atoms with van der Waals surface area (Å²) in [4.78, 5) is 37.8. The Hall–Kier alpha value is -3.76. The first-order chi connectivity index (χ1) is 15.0. The van der Waals surface area contributed by atoms with Gasteiger partial charge in [0.25, 0.3) is 5.91 Å². The van der Waals surface area contributed by atoms with Gasteiger partial charge in [0.15, 0.2) is 11.4 Å². The van der Waals surface area contributed by atoms with Gasteiger partial charge >= 0.3 is 6.01 Å². The van der Waals surface area contributed by atoms with Crippen LogP contribution < -0.4 is 10.8 Å². The molecule has 0 aliphatic heterocycles. The molecule has 0 spiro atoms. The van der Waals surface area contributed by atoms with E-state index in [4.69, 9.17) is 14.0 Å². The number of rotatable bonds is 8. The summed E-state index contributed by atoms with van der Waals surface area (Å²) in [6.45, 7) is 2.12. The number of fused-ring (bicyclic) bond motifs is 2. The van der Waals surface area contributed by atoms with Gasteiger partial charge in [-0.3, -0.25) is 19.7 Å². The van der Waals surface area contributed by atoms with Crippen LogP contribution in [0.25, 0.3) is 22.1 Å². The van der Waals surface area contributed by atoms with E-state index in [0.29, 0.717) is 40.3 Å². The molecule has 0 saturated carbocycles. The van der Waals surface area contributed by atoms with E-state index in [1.54, 1.807) is 43.5 Å². The summed E-state index contributed by atoms with van der Waals surface area (Å²) in [6.07, 6.45) is 0. The Balaban J connectivity index is 1.55. The summed E-state index contributed by atoms with van der Waals surface area (Å²) < 4.78 is 12.4. The highest BCUT2D eigenvalue weighted by atomic mass is 16.7. The van der Waals surface area contributed by atoms with Gasteiger partial charge in [0.05, 0.1) is 24.2 Å². The molecule has 4 aromatic rings. The average Bonchev–Trinajstić information content (AvgIpc) is 3.30. The van der Waals surface area contributed by atoms with Crippen LogP contribution >= 0.6 is 0 Å². The van der Waals surface area contributed by atoms with Crippen molar-refractivity contribution in [1.29, 1.82) is 0 Å². The third-order valence-corrected chi connectivity index (χ3v) is 4.71. The number of nitrogens with zero attached hydrogens (tertiary/aromatic N) is 3. The Kier molecular flexibility index (Phi) is 5.65. The Bertz CT molecular complexity index is 1280. The number of carbonyl (C=O) groups excluding carboxylic acids is 2. The van der Waals surface area contributed by atoms with Crippen molar-refractivity contribution in [3.63, 3.8) is 0 Å². The molecule has 0 fully saturated rings. The Labute approximate surface area is 177 Å². The molecule has 2 heterocycles. The lowest BCUT2D eigenvalue weighted by Gasteiger charge is -2.05. The fourth-order valence-electron chi connectivity index (χ4n) is 3.05. The van der Waals surface area contributed by atoms with Crippen LogP contribution in [0.5, 0.6) is 0 Å². The number of methoxy groups -OCH3 is 1. The maximum absolute atomic E-state index is 12.2. The molecule has 2 aromatic carbocycles. The molecule has 0 saturated heterocycles. The Morgan fingerprint density at radius 1 is 1.06 bits per heavy atom. The number of carbonyl (C=O) groups is 2. The quantitative estimate of drug-likeness (QED) is 0.252. The summed E-state index contributed by atoms with van der Waals surface area (Å²) in [6, 6.07) is 10.5. The summed E-state index contributed by atoms with van der Waals surface area (Å²) >= 11 is 0.